The summed E-state index contributed by atoms with van der Waals surface area (Å²) in [6, 6.07) is 0.370. The van der Waals surface area contributed by atoms with Crippen LogP contribution in [0.4, 0.5) is 0 Å². The van der Waals surface area contributed by atoms with Crippen LogP contribution in [0.5, 0.6) is 0 Å². The number of hydrogen-bond acceptors (Lipinski definition) is 4. The molecule has 0 saturated carbocycles. The van der Waals surface area contributed by atoms with Crippen molar-refractivity contribution in [2.24, 2.45) is 0 Å². The Morgan fingerprint density at radius 2 is 2.00 bits per heavy atom. The Kier molecular flexibility index (Phi) is 2.79. The van der Waals surface area contributed by atoms with Crippen molar-refractivity contribution in [3.63, 3.8) is 0 Å². The van der Waals surface area contributed by atoms with E-state index in [1.165, 1.54) is 10.6 Å². The van der Waals surface area contributed by atoms with Gasteiger partial charge in [-0.15, -0.1) is 0 Å². The largest absolute Gasteiger partial charge is 0.359 e. The maximum Gasteiger partial charge on any atom is 0.211 e. The monoisotopic (exact) mass is 234 g/mol. The van der Waals surface area contributed by atoms with Gasteiger partial charge in [-0.1, -0.05) is 0 Å². The summed E-state index contributed by atoms with van der Waals surface area (Å²) >= 11 is 0. The molecule has 2 aliphatic rings. The topological polar surface area (TPSA) is 58.6 Å². The van der Waals surface area contributed by atoms with E-state index in [1.807, 2.05) is 0 Å². The van der Waals surface area contributed by atoms with Crippen molar-refractivity contribution in [2.45, 2.75) is 31.5 Å². The van der Waals surface area contributed by atoms with Gasteiger partial charge in [0.05, 0.1) is 12.9 Å². The maximum absolute atomic E-state index is 11.3. The van der Waals surface area contributed by atoms with Gasteiger partial charge in [0.1, 0.15) is 5.72 Å². The summed E-state index contributed by atoms with van der Waals surface area (Å²) in [7, 11) is -3.04. The Balaban J connectivity index is 1.98. The Hall–Kier alpha value is -0.170. The average molecular weight is 234 g/mol. The zero-order chi connectivity index (χ0) is 11.1. The van der Waals surface area contributed by atoms with Crippen molar-refractivity contribution in [3.05, 3.63) is 0 Å². The van der Waals surface area contributed by atoms with Gasteiger partial charge in [0.25, 0.3) is 0 Å². The van der Waals surface area contributed by atoms with Crippen LogP contribution in [0, 0.1) is 0 Å². The smallest absolute Gasteiger partial charge is 0.211 e. The molecule has 0 aliphatic carbocycles. The number of sulfonamides is 1. The molecule has 0 aromatic heterocycles. The van der Waals surface area contributed by atoms with Gasteiger partial charge < -0.3 is 4.74 Å². The van der Waals surface area contributed by atoms with Crippen LogP contribution < -0.4 is 5.32 Å². The number of hydrogen-bond donors (Lipinski definition) is 1. The number of nitrogens with one attached hydrogen (secondary N) is 1. The van der Waals surface area contributed by atoms with E-state index >= 15 is 0 Å². The minimum Gasteiger partial charge on any atom is -0.359 e. The fourth-order valence-electron chi connectivity index (χ4n) is 2.28. The first-order chi connectivity index (χ1) is 6.91. The molecule has 1 unspecified atom stereocenters. The zero-order valence-electron chi connectivity index (χ0n) is 9.19. The van der Waals surface area contributed by atoms with Crippen molar-refractivity contribution in [2.75, 3.05) is 26.0 Å². The fraction of sp³-hybridized carbons (Fsp3) is 1.00. The summed E-state index contributed by atoms with van der Waals surface area (Å²) in [6.07, 6.45) is 2.74. The summed E-state index contributed by atoms with van der Waals surface area (Å²) in [5.74, 6) is 0. The third kappa shape index (κ3) is 2.33. The second kappa shape index (κ2) is 3.69. The van der Waals surface area contributed by atoms with Gasteiger partial charge in [-0.2, -0.15) is 0 Å². The van der Waals surface area contributed by atoms with E-state index in [9.17, 15) is 8.42 Å². The van der Waals surface area contributed by atoms with E-state index in [0.29, 0.717) is 19.1 Å². The van der Waals surface area contributed by atoms with Crippen molar-refractivity contribution >= 4 is 10.0 Å². The lowest BCUT2D eigenvalue weighted by Crippen LogP contribution is -2.53. The van der Waals surface area contributed by atoms with Crippen molar-refractivity contribution < 1.29 is 13.2 Å². The molecule has 2 saturated heterocycles. The van der Waals surface area contributed by atoms with Crippen LogP contribution in [0.2, 0.25) is 0 Å². The first-order valence-electron chi connectivity index (χ1n) is 5.28. The van der Waals surface area contributed by atoms with Gasteiger partial charge in [0, 0.05) is 32.0 Å². The molecule has 0 aromatic carbocycles. The Morgan fingerprint density at radius 1 is 1.40 bits per heavy atom. The standard InChI is InChI=1S/C9H18N2O3S/c1-8-7-14-9(10-8)3-5-11(6-4-9)15(2,12)13/h8,10H,3-7H2,1-2H3. The third-order valence-electron chi connectivity index (χ3n) is 3.12. The SMILES string of the molecule is CC1COC2(CCN(S(C)(=O)=O)CC2)N1. The van der Waals surface area contributed by atoms with E-state index in [0.717, 1.165) is 19.4 Å². The summed E-state index contributed by atoms with van der Waals surface area (Å²) in [4.78, 5) is 0. The highest BCUT2D eigenvalue weighted by molar-refractivity contribution is 7.88. The molecule has 6 heteroatoms. The summed E-state index contributed by atoms with van der Waals surface area (Å²) < 4.78 is 29.9. The number of rotatable bonds is 1. The second-order valence-electron chi connectivity index (χ2n) is 4.51. The molecule has 2 fully saturated rings. The van der Waals surface area contributed by atoms with Gasteiger partial charge in [0.15, 0.2) is 0 Å². The van der Waals surface area contributed by atoms with Gasteiger partial charge in [0.2, 0.25) is 10.0 Å². The normalized spacial score (nSPS) is 32.3. The molecule has 2 aliphatic heterocycles. The minimum atomic E-state index is -3.04. The summed E-state index contributed by atoms with van der Waals surface area (Å²) in [6.45, 7) is 3.91. The molecule has 15 heavy (non-hydrogen) atoms. The van der Waals surface area contributed by atoms with Crippen LogP contribution >= 0.6 is 0 Å². The molecule has 0 amide bonds. The van der Waals surface area contributed by atoms with E-state index in [4.69, 9.17) is 4.74 Å². The van der Waals surface area contributed by atoms with E-state index in [1.54, 1.807) is 0 Å². The van der Waals surface area contributed by atoms with Crippen LogP contribution in [0.1, 0.15) is 19.8 Å². The molecule has 1 N–H and O–H groups in total. The van der Waals surface area contributed by atoms with Crippen LogP contribution in [-0.2, 0) is 14.8 Å². The Labute approximate surface area is 90.8 Å². The molecule has 1 spiro atoms. The molecular formula is C9H18N2O3S. The molecule has 2 heterocycles. The van der Waals surface area contributed by atoms with Gasteiger partial charge >= 0.3 is 0 Å². The van der Waals surface area contributed by atoms with Crippen molar-refractivity contribution in [3.8, 4) is 0 Å². The van der Waals surface area contributed by atoms with Crippen LogP contribution in [0.3, 0.4) is 0 Å². The summed E-state index contributed by atoms with van der Waals surface area (Å²) in [5, 5.41) is 3.40. The first-order valence-corrected chi connectivity index (χ1v) is 7.13. The minimum absolute atomic E-state index is 0.263. The van der Waals surface area contributed by atoms with E-state index < -0.39 is 10.0 Å². The van der Waals surface area contributed by atoms with Crippen LogP contribution in [0.25, 0.3) is 0 Å². The lowest BCUT2D eigenvalue weighted by atomic mass is 10.0. The molecule has 0 aromatic rings. The highest BCUT2D eigenvalue weighted by Crippen LogP contribution is 2.29. The van der Waals surface area contributed by atoms with Gasteiger partial charge in [-0.25, -0.2) is 12.7 Å². The van der Waals surface area contributed by atoms with E-state index in [-0.39, 0.29) is 5.72 Å². The summed E-state index contributed by atoms with van der Waals surface area (Å²) in [5.41, 5.74) is -0.263. The second-order valence-corrected chi connectivity index (χ2v) is 6.50. The number of piperidine rings is 1. The molecule has 0 bridgehead atoms. The fourth-order valence-corrected chi connectivity index (χ4v) is 3.13. The molecule has 5 nitrogen and oxygen atoms in total. The average Bonchev–Trinajstić information content (AvgIpc) is 2.47. The predicted octanol–water partition coefficient (Wildman–Crippen LogP) is -0.254. The van der Waals surface area contributed by atoms with Crippen LogP contribution in [-0.4, -0.2) is 50.4 Å². The van der Waals surface area contributed by atoms with Crippen molar-refractivity contribution in [1.29, 1.82) is 0 Å². The molecule has 88 valence electrons. The lowest BCUT2D eigenvalue weighted by Gasteiger charge is -2.37. The Morgan fingerprint density at radius 3 is 2.40 bits per heavy atom. The van der Waals surface area contributed by atoms with E-state index in [2.05, 4.69) is 12.2 Å². The van der Waals surface area contributed by atoms with Gasteiger partial charge in [-0.3, -0.25) is 5.32 Å². The van der Waals surface area contributed by atoms with Crippen LogP contribution in [0.15, 0.2) is 0 Å². The molecule has 0 radical (unpaired) electrons. The maximum atomic E-state index is 11.3. The van der Waals surface area contributed by atoms with Crippen molar-refractivity contribution in [1.82, 2.24) is 9.62 Å². The predicted molar refractivity (Wildman–Crippen MR) is 56.9 cm³/mol. The third-order valence-corrected chi connectivity index (χ3v) is 4.42. The molecule has 1 atom stereocenters. The number of nitrogens with zero attached hydrogens (tertiary/aromatic N) is 1. The molecular weight excluding hydrogens is 216 g/mol. The zero-order valence-corrected chi connectivity index (χ0v) is 10.0. The quantitative estimate of drug-likeness (QED) is 0.679. The highest BCUT2D eigenvalue weighted by atomic mass is 32.2. The number of ether oxygens (including phenoxy) is 1. The highest BCUT2D eigenvalue weighted by Gasteiger charge is 2.42. The molecule has 2 rings (SSSR count). The Bertz CT molecular complexity index is 333. The van der Waals surface area contributed by atoms with Gasteiger partial charge in [-0.05, 0) is 6.92 Å². The first kappa shape index (κ1) is 11.3. The lowest BCUT2D eigenvalue weighted by molar-refractivity contribution is -0.0445.